The minimum Gasteiger partial charge on any atom is -0.315 e. The van der Waals surface area contributed by atoms with Gasteiger partial charge in [-0.15, -0.1) is 0 Å². The first-order chi connectivity index (χ1) is 15.1. The SMILES string of the molecule is Cn1ncc(C(=O)N2C=CCC2)c1C(=O)Nc1ccn2cc(-c3ccccc3)nc2n1. The van der Waals surface area contributed by atoms with E-state index in [0.29, 0.717) is 18.1 Å². The topological polar surface area (TPSA) is 97.4 Å². The molecule has 0 aliphatic carbocycles. The maximum atomic E-state index is 13.0. The summed E-state index contributed by atoms with van der Waals surface area (Å²) >= 11 is 0. The molecular formula is C22H19N7O2. The standard InChI is InChI=1S/C22H19N7O2/c1-27-19(16(13-23-27)21(31)28-10-5-6-11-28)20(30)25-18-9-12-29-14-17(24-22(29)26-18)15-7-3-2-4-8-15/h2-5,7-10,12-14H,6,11H2,1H3,(H,24,25,26,30). The largest absolute Gasteiger partial charge is 0.315 e. The summed E-state index contributed by atoms with van der Waals surface area (Å²) in [7, 11) is 1.63. The van der Waals surface area contributed by atoms with Gasteiger partial charge in [-0.05, 0) is 12.5 Å². The Morgan fingerprint density at radius 2 is 1.94 bits per heavy atom. The summed E-state index contributed by atoms with van der Waals surface area (Å²) in [4.78, 5) is 36.3. The van der Waals surface area contributed by atoms with E-state index in [2.05, 4.69) is 20.4 Å². The summed E-state index contributed by atoms with van der Waals surface area (Å²) in [6.07, 6.45) is 9.52. The van der Waals surface area contributed by atoms with Crippen molar-refractivity contribution in [3.8, 4) is 11.3 Å². The van der Waals surface area contributed by atoms with E-state index in [1.54, 1.807) is 34.8 Å². The summed E-state index contributed by atoms with van der Waals surface area (Å²) < 4.78 is 3.18. The Kier molecular flexibility index (Phi) is 4.55. The number of carbonyl (C=O) groups is 2. The second kappa shape index (κ2) is 7.52. The van der Waals surface area contributed by atoms with E-state index in [9.17, 15) is 9.59 Å². The molecule has 3 aromatic heterocycles. The second-order valence-corrected chi connectivity index (χ2v) is 7.17. The lowest BCUT2D eigenvalue weighted by atomic mass is 10.2. The number of aromatic nitrogens is 5. The van der Waals surface area contributed by atoms with Crippen molar-refractivity contribution in [3.05, 3.63) is 78.5 Å². The Bertz CT molecular complexity index is 1320. The smallest absolute Gasteiger partial charge is 0.275 e. The normalized spacial score (nSPS) is 13.1. The van der Waals surface area contributed by atoms with E-state index in [4.69, 9.17) is 0 Å². The van der Waals surface area contributed by atoms with E-state index >= 15 is 0 Å². The van der Waals surface area contributed by atoms with Gasteiger partial charge in [0.2, 0.25) is 5.78 Å². The fourth-order valence-electron chi connectivity index (χ4n) is 3.54. The number of hydrogen-bond acceptors (Lipinski definition) is 5. The minimum atomic E-state index is -0.460. The number of rotatable bonds is 4. The van der Waals surface area contributed by atoms with Crippen LogP contribution in [0.3, 0.4) is 0 Å². The molecule has 4 aromatic rings. The van der Waals surface area contributed by atoms with Crippen LogP contribution in [0.2, 0.25) is 0 Å². The van der Waals surface area contributed by atoms with E-state index in [-0.39, 0.29) is 17.2 Å². The van der Waals surface area contributed by atoms with Crippen molar-refractivity contribution >= 4 is 23.4 Å². The number of fused-ring (bicyclic) bond motifs is 1. The Morgan fingerprint density at radius 1 is 1.10 bits per heavy atom. The Balaban J connectivity index is 1.41. The second-order valence-electron chi connectivity index (χ2n) is 7.17. The Morgan fingerprint density at radius 3 is 2.71 bits per heavy atom. The monoisotopic (exact) mass is 413 g/mol. The molecule has 9 nitrogen and oxygen atoms in total. The van der Waals surface area contributed by atoms with Gasteiger partial charge in [0.15, 0.2) is 0 Å². The molecule has 154 valence electrons. The number of carbonyl (C=O) groups excluding carboxylic acids is 2. The highest BCUT2D eigenvalue weighted by Gasteiger charge is 2.26. The van der Waals surface area contributed by atoms with Crippen LogP contribution in [-0.4, -0.2) is 47.4 Å². The van der Waals surface area contributed by atoms with Crippen LogP contribution >= 0.6 is 0 Å². The third kappa shape index (κ3) is 3.46. The van der Waals surface area contributed by atoms with Gasteiger partial charge in [-0.3, -0.25) is 18.7 Å². The molecule has 1 aliphatic rings. The minimum absolute atomic E-state index is 0.181. The van der Waals surface area contributed by atoms with Gasteiger partial charge in [-0.1, -0.05) is 36.4 Å². The van der Waals surface area contributed by atoms with Crippen LogP contribution in [0.15, 0.2) is 67.3 Å². The predicted molar refractivity (Wildman–Crippen MR) is 114 cm³/mol. The van der Waals surface area contributed by atoms with Crippen molar-refractivity contribution in [2.45, 2.75) is 6.42 Å². The summed E-state index contributed by atoms with van der Waals surface area (Å²) in [5.41, 5.74) is 2.20. The molecule has 0 bridgehead atoms. The zero-order chi connectivity index (χ0) is 21.4. The number of nitrogens with one attached hydrogen (secondary N) is 1. The number of nitrogens with zero attached hydrogens (tertiary/aromatic N) is 6. The fraction of sp³-hybridized carbons (Fsp3) is 0.136. The molecule has 0 unspecified atom stereocenters. The Hall–Kier alpha value is -4.27. The molecule has 1 aromatic carbocycles. The van der Waals surface area contributed by atoms with Crippen molar-refractivity contribution < 1.29 is 9.59 Å². The van der Waals surface area contributed by atoms with Gasteiger partial charge >= 0.3 is 0 Å². The first-order valence-corrected chi connectivity index (χ1v) is 9.82. The van der Waals surface area contributed by atoms with Gasteiger partial charge in [0.25, 0.3) is 11.8 Å². The van der Waals surface area contributed by atoms with E-state index in [0.717, 1.165) is 17.7 Å². The number of benzene rings is 1. The van der Waals surface area contributed by atoms with Crippen LogP contribution in [-0.2, 0) is 7.05 Å². The highest BCUT2D eigenvalue weighted by molar-refractivity contribution is 6.11. The van der Waals surface area contributed by atoms with Crippen LogP contribution in [0.25, 0.3) is 17.0 Å². The Labute approximate surface area is 177 Å². The maximum Gasteiger partial charge on any atom is 0.275 e. The van der Waals surface area contributed by atoms with Gasteiger partial charge < -0.3 is 10.2 Å². The van der Waals surface area contributed by atoms with Crippen LogP contribution in [0.1, 0.15) is 27.3 Å². The average Bonchev–Trinajstić information content (AvgIpc) is 3.53. The average molecular weight is 413 g/mol. The van der Waals surface area contributed by atoms with Crippen molar-refractivity contribution in [3.63, 3.8) is 0 Å². The van der Waals surface area contributed by atoms with Crippen LogP contribution in [0.4, 0.5) is 5.82 Å². The van der Waals surface area contributed by atoms with Crippen molar-refractivity contribution in [1.29, 1.82) is 0 Å². The summed E-state index contributed by atoms with van der Waals surface area (Å²) in [6.45, 7) is 0.594. The summed E-state index contributed by atoms with van der Waals surface area (Å²) in [5, 5.41) is 6.87. The van der Waals surface area contributed by atoms with Gasteiger partial charge in [0.1, 0.15) is 11.5 Å². The highest BCUT2D eigenvalue weighted by atomic mass is 16.2. The lowest BCUT2D eigenvalue weighted by molar-refractivity contribution is 0.0826. The third-order valence-electron chi connectivity index (χ3n) is 5.10. The van der Waals surface area contributed by atoms with Crippen molar-refractivity contribution in [2.75, 3.05) is 11.9 Å². The molecule has 0 fully saturated rings. The molecule has 0 atom stereocenters. The molecule has 2 amide bonds. The van der Waals surface area contributed by atoms with Gasteiger partial charge in [0.05, 0.1) is 17.5 Å². The molecule has 0 radical (unpaired) electrons. The van der Waals surface area contributed by atoms with E-state index in [1.807, 2.05) is 42.6 Å². The first-order valence-electron chi connectivity index (χ1n) is 9.82. The maximum absolute atomic E-state index is 13.0. The van der Waals surface area contributed by atoms with E-state index < -0.39 is 5.91 Å². The molecule has 0 spiro atoms. The first kappa shape index (κ1) is 18.7. The zero-order valence-electron chi connectivity index (χ0n) is 16.8. The van der Waals surface area contributed by atoms with Crippen molar-refractivity contribution in [1.82, 2.24) is 29.0 Å². The summed E-state index contributed by atoms with van der Waals surface area (Å²) in [5.74, 6) is 0.0814. The van der Waals surface area contributed by atoms with Gasteiger partial charge in [-0.25, -0.2) is 4.98 Å². The van der Waals surface area contributed by atoms with Gasteiger partial charge in [0, 0.05) is 37.7 Å². The molecule has 31 heavy (non-hydrogen) atoms. The predicted octanol–water partition coefficient (Wildman–Crippen LogP) is 2.74. The van der Waals surface area contributed by atoms with Gasteiger partial charge in [-0.2, -0.15) is 10.1 Å². The molecule has 1 aliphatic heterocycles. The molecule has 0 saturated carbocycles. The van der Waals surface area contributed by atoms with Crippen LogP contribution in [0, 0.1) is 0 Å². The molecule has 1 N–H and O–H groups in total. The lowest BCUT2D eigenvalue weighted by Gasteiger charge is -2.13. The third-order valence-corrected chi connectivity index (χ3v) is 5.10. The number of hydrogen-bond donors (Lipinski definition) is 1. The van der Waals surface area contributed by atoms with E-state index in [1.165, 1.54) is 10.9 Å². The number of anilines is 1. The quantitative estimate of drug-likeness (QED) is 0.555. The molecule has 5 rings (SSSR count). The summed E-state index contributed by atoms with van der Waals surface area (Å²) in [6, 6.07) is 11.5. The zero-order valence-corrected chi connectivity index (χ0v) is 16.8. The fourth-order valence-corrected chi connectivity index (χ4v) is 3.54. The lowest BCUT2D eigenvalue weighted by Crippen LogP contribution is -2.27. The molecular weight excluding hydrogens is 394 g/mol. The number of amides is 2. The van der Waals surface area contributed by atoms with Crippen LogP contribution < -0.4 is 5.32 Å². The molecule has 0 saturated heterocycles. The highest BCUT2D eigenvalue weighted by Crippen LogP contribution is 2.20. The number of imidazole rings is 1. The van der Waals surface area contributed by atoms with Crippen molar-refractivity contribution in [2.24, 2.45) is 7.05 Å². The van der Waals surface area contributed by atoms with Crippen LogP contribution in [0.5, 0.6) is 0 Å². The number of aryl methyl sites for hydroxylation is 1. The molecule has 9 heteroatoms. The molecule has 4 heterocycles.